The van der Waals surface area contributed by atoms with Crippen LogP contribution in [0.3, 0.4) is 0 Å². The zero-order valence-corrected chi connectivity index (χ0v) is 18.2. The number of ether oxygens (including phenoxy) is 1. The molecule has 2 rings (SSSR count). The topological polar surface area (TPSA) is 52.1 Å². The monoisotopic (exact) mass is 409 g/mol. The number of benzene rings is 1. The van der Waals surface area contributed by atoms with Crippen molar-refractivity contribution in [2.45, 2.75) is 26.2 Å². The van der Waals surface area contributed by atoms with Crippen molar-refractivity contribution in [3.63, 3.8) is 0 Å². The van der Waals surface area contributed by atoms with Crippen molar-refractivity contribution >= 4 is 23.2 Å². The minimum atomic E-state index is 0.798. The average molecular weight is 410 g/mol. The van der Waals surface area contributed by atoms with E-state index in [0.29, 0.717) is 0 Å². The first-order chi connectivity index (χ1) is 13.7. The number of unbranched alkanes of at least 4 members (excludes halogenated alkanes) is 1. The average Bonchev–Trinajstić information content (AvgIpc) is 2.72. The maximum Gasteiger partial charge on any atom is 0.190 e. The van der Waals surface area contributed by atoms with Gasteiger partial charge in [-0.1, -0.05) is 17.7 Å². The first-order valence-electron chi connectivity index (χ1n) is 10.5. The van der Waals surface area contributed by atoms with Gasteiger partial charge in [0.2, 0.25) is 0 Å². The molecule has 6 nitrogen and oxygen atoms in total. The predicted octanol–water partition coefficient (Wildman–Crippen LogP) is 2.83. The molecule has 0 radical (unpaired) electrons. The number of hydrogen-bond donors (Lipinski definition) is 2. The van der Waals surface area contributed by atoms with Crippen LogP contribution >= 0.6 is 11.6 Å². The lowest BCUT2D eigenvalue weighted by Gasteiger charge is -2.36. The predicted molar refractivity (Wildman–Crippen MR) is 120 cm³/mol. The fourth-order valence-corrected chi connectivity index (χ4v) is 3.50. The Morgan fingerprint density at radius 1 is 1.11 bits per heavy atom. The fraction of sp³-hybridized carbons (Fsp3) is 0.667. The molecule has 2 N–H and O–H groups in total. The highest BCUT2D eigenvalue weighted by molar-refractivity contribution is 6.30. The Morgan fingerprint density at radius 2 is 1.86 bits per heavy atom. The molecule has 1 fully saturated rings. The van der Waals surface area contributed by atoms with Gasteiger partial charge in [-0.15, -0.1) is 0 Å². The molecule has 0 unspecified atom stereocenters. The largest absolute Gasteiger partial charge is 0.382 e. The van der Waals surface area contributed by atoms with E-state index in [4.69, 9.17) is 16.3 Å². The molecule has 0 saturated carbocycles. The summed E-state index contributed by atoms with van der Waals surface area (Å²) >= 11 is 6.11. The fourth-order valence-electron chi connectivity index (χ4n) is 3.31. The lowest BCUT2D eigenvalue weighted by Crippen LogP contribution is -2.47. The molecule has 1 aliphatic rings. The van der Waals surface area contributed by atoms with Crippen LogP contribution in [0.5, 0.6) is 0 Å². The molecule has 158 valence electrons. The molecule has 1 aromatic rings. The maximum atomic E-state index is 6.11. The van der Waals surface area contributed by atoms with Crippen LogP contribution in [0.4, 0.5) is 5.69 Å². The molecule has 0 bridgehead atoms. The number of halogens is 1. The Bertz CT molecular complexity index is 576. The number of aliphatic imine (C=N–C) groups is 1. The first kappa shape index (κ1) is 22.8. The number of rotatable bonds is 11. The minimum Gasteiger partial charge on any atom is -0.382 e. The molecule has 0 aliphatic carbocycles. The summed E-state index contributed by atoms with van der Waals surface area (Å²) in [6, 6.07) is 8.14. The lowest BCUT2D eigenvalue weighted by atomic mass is 10.2. The molecule has 0 spiro atoms. The second kappa shape index (κ2) is 13.6. The number of guanidine groups is 1. The smallest absolute Gasteiger partial charge is 0.190 e. The second-order valence-electron chi connectivity index (χ2n) is 6.99. The van der Waals surface area contributed by atoms with Gasteiger partial charge in [-0.05, 0) is 50.9 Å². The van der Waals surface area contributed by atoms with Crippen LogP contribution in [-0.2, 0) is 4.74 Å². The van der Waals surface area contributed by atoms with E-state index in [9.17, 15) is 0 Å². The van der Waals surface area contributed by atoms with E-state index in [2.05, 4.69) is 37.6 Å². The van der Waals surface area contributed by atoms with Crippen molar-refractivity contribution in [2.24, 2.45) is 4.99 Å². The molecule has 1 saturated heterocycles. The van der Waals surface area contributed by atoms with Crippen molar-refractivity contribution in [1.82, 2.24) is 15.5 Å². The van der Waals surface area contributed by atoms with Crippen LogP contribution in [0, 0.1) is 0 Å². The maximum absolute atomic E-state index is 6.11. The molecule has 28 heavy (non-hydrogen) atoms. The van der Waals surface area contributed by atoms with Crippen LogP contribution in [0.15, 0.2) is 29.3 Å². The third-order valence-electron chi connectivity index (χ3n) is 4.92. The van der Waals surface area contributed by atoms with E-state index < -0.39 is 0 Å². The highest BCUT2D eigenvalue weighted by Gasteiger charge is 2.16. The van der Waals surface area contributed by atoms with Crippen LogP contribution in [0.25, 0.3) is 0 Å². The Kier molecular flexibility index (Phi) is 11.1. The molecule has 1 aromatic carbocycles. The van der Waals surface area contributed by atoms with Gasteiger partial charge in [-0.3, -0.25) is 9.89 Å². The van der Waals surface area contributed by atoms with Crippen LogP contribution in [0.2, 0.25) is 5.02 Å². The van der Waals surface area contributed by atoms with E-state index in [-0.39, 0.29) is 0 Å². The highest BCUT2D eigenvalue weighted by Crippen LogP contribution is 2.20. The van der Waals surface area contributed by atoms with Gasteiger partial charge in [0, 0.05) is 70.2 Å². The summed E-state index contributed by atoms with van der Waals surface area (Å²) in [7, 11) is 1.82. The Balaban J connectivity index is 1.54. The Morgan fingerprint density at radius 3 is 2.54 bits per heavy atom. The van der Waals surface area contributed by atoms with Gasteiger partial charge < -0.3 is 20.3 Å². The van der Waals surface area contributed by atoms with Gasteiger partial charge in [0.05, 0.1) is 0 Å². The quantitative estimate of drug-likeness (QED) is 0.334. The number of nitrogens with one attached hydrogen (secondary N) is 2. The third kappa shape index (κ3) is 8.67. The molecule has 1 aliphatic heterocycles. The molecule has 1 heterocycles. The zero-order chi connectivity index (χ0) is 20.0. The first-order valence-corrected chi connectivity index (χ1v) is 10.9. The standard InChI is InChI=1S/C21H36ClN5O/c1-3-28-17-5-4-10-24-21(23-2)25-11-7-12-26-13-15-27(16-14-26)20-9-6-8-19(22)18-20/h6,8-9,18H,3-5,7,10-17H2,1-2H3,(H2,23,24,25). The molecular formula is C21H36ClN5O. The van der Waals surface area contributed by atoms with Crippen molar-refractivity contribution in [3.8, 4) is 0 Å². The number of piperazine rings is 1. The molecule has 7 heteroatoms. The van der Waals surface area contributed by atoms with Gasteiger partial charge in [0.25, 0.3) is 0 Å². The second-order valence-corrected chi connectivity index (χ2v) is 7.43. The van der Waals surface area contributed by atoms with Crippen LogP contribution in [-0.4, -0.2) is 76.9 Å². The Labute approximate surface area is 175 Å². The van der Waals surface area contributed by atoms with Crippen molar-refractivity contribution in [3.05, 3.63) is 29.3 Å². The summed E-state index contributed by atoms with van der Waals surface area (Å²) in [5.74, 6) is 0.891. The molecule has 0 aromatic heterocycles. The summed E-state index contributed by atoms with van der Waals surface area (Å²) in [5, 5.41) is 7.58. The van der Waals surface area contributed by atoms with E-state index in [1.807, 2.05) is 26.1 Å². The minimum absolute atomic E-state index is 0.798. The van der Waals surface area contributed by atoms with E-state index >= 15 is 0 Å². The molecule has 0 amide bonds. The summed E-state index contributed by atoms with van der Waals surface area (Å²) in [5.41, 5.74) is 1.23. The van der Waals surface area contributed by atoms with Crippen molar-refractivity contribution in [1.29, 1.82) is 0 Å². The van der Waals surface area contributed by atoms with E-state index in [0.717, 1.165) is 89.3 Å². The molecular weight excluding hydrogens is 374 g/mol. The van der Waals surface area contributed by atoms with Gasteiger partial charge >= 0.3 is 0 Å². The summed E-state index contributed by atoms with van der Waals surface area (Å²) in [6.45, 7) is 11.0. The van der Waals surface area contributed by atoms with Gasteiger partial charge in [0.1, 0.15) is 0 Å². The zero-order valence-electron chi connectivity index (χ0n) is 17.4. The van der Waals surface area contributed by atoms with E-state index in [1.165, 1.54) is 5.69 Å². The van der Waals surface area contributed by atoms with Gasteiger partial charge in [-0.2, -0.15) is 0 Å². The van der Waals surface area contributed by atoms with Crippen molar-refractivity contribution < 1.29 is 4.74 Å². The Hall–Kier alpha value is -1.50. The van der Waals surface area contributed by atoms with Gasteiger partial charge in [0.15, 0.2) is 5.96 Å². The normalized spacial score (nSPS) is 15.7. The van der Waals surface area contributed by atoms with Crippen LogP contribution in [0.1, 0.15) is 26.2 Å². The number of hydrogen-bond acceptors (Lipinski definition) is 4. The molecule has 0 atom stereocenters. The SMILES string of the molecule is CCOCCCCNC(=NC)NCCCN1CCN(c2cccc(Cl)c2)CC1. The summed E-state index contributed by atoms with van der Waals surface area (Å²) in [6.07, 6.45) is 3.29. The summed E-state index contributed by atoms with van der Waals surface area (Å²) in [4.78, 5) is 9.24. The number of anilines is 1. The van der Waals surface area contributed by atoms with E-state index in [1.54, 1.807) is 0 Å². The van der Waals surface area contributed by atoms with Crippen LogP contribution < -0.4 is 15.5 Å². The van der Waals surface area contributed by atoms with Gasteiger partial charge in [-0.25, -0.2) is 0 Å². The third-order valence-corrected chi connectivity index (χ3v) is 5.16. The number of nitrogens with zero attached hydrogens (tertiary/aromatic N) is 3. The highest BCUT2D eigenvalue weighted by atomic mass is 35.5. The lowest BCUT2D eigenvalue weighted by molar-refractivity contribution is 0.143. The summed E-state index contributed by atoms with van der Waals surface area (Å²) < 4.78 is 5.35. The van der Waals surface area contributed by atoms with Crippen molar-refractivity contribution in [2.75, 3.05) is 71.0 Å².